The average Bonchev–Trinajstić information content (AvgIpc) is 2.92. The first kappa shape index (κ1) is 17.1. The third-order valence-electron chi connectivity index (χ3n) is 2.94. The first-order valence-electron chi connectivity index (χ1n) is 6.42. The highest BCUT2D eigenvalue weighted by atomic mass is 79.9. The molecule has 1 aromatic carbocycles. The fourth-order valence-electron chi connectivity index (χ4n) is 1.75. The third-order valence-corrected chi connectivity index (χ3v) is 5.90. The number of halogens is 1. The lowest BCUT2D eigenvalue weighted by molar-refractivity contribution is 0.0955. The van der Waals surface area contributed by atoms with Crippen LogP contribution in [0, 0.1) is 0 Å². The minimum Gasteiger partial charge on any atom is -0.347 e. The smallest absolute Gasteiger partial charge is 0.261 e. The molecule has 0 spiro atoms. The fourth-order valence-corrected chi connectivity index (χ4v) is 3.83. The van der Waals surface area contributed by atoms with Crippen molar-refractivity contribution < 1.29 is 13.2 Å². The molecule has 1 aromatic heterocycles. The molecule has 1 amide bonds. The highest BCUT2D eigenvalue weighted by molar-refractivity contribution is 9.11. The summed E-state index contributed by atoms with van der Waals surface area (Å²) in [6.07, 6.45) is 0. The van der Waals surface area contributed by atoms with Crippen LogP contribution in [-0.2, 0) is 22.3 Å². The Labute approximate surface area is 141 Å². The summed E-state index contributed by atoms with van der Waals surface area (Å²) in [6, 6.07) is 10.7. The van der Waals surface area contributed by atoms with Gasteiger partial charge in [0.1, 0.15) is 0 Å². The van der Waals surface area contributed by atoms with E-state index in [0.717, 1.165) is 9.35 Å². The summed E-state index contributed by atoms with van der Waals surface area (Å²) in [5.41, 5.74) is 1.61. The molecule has 2 rings (SSSR count). The van der Waals surface area contributed by atoms with Crippen LogP contribution in [0.3, 0.4) is 0 Å². The highest BCUT2D eigenvalue weighted by Gasteiger charge is 2.10. The van der Waals surface area contributed by atoms with E-state index in [1.54, 1.807) is 18.2 Å². The Hall–Kier alpha value is -1.22. The Kier molecular flexibility index (Phi) is 5.74. The molecule has 0 aliphatic rings. The van der Waals surface area contributed by atoms with Crippen LogP contribution in [0.2, 0.25) is 0 Å². The Morgan fingerprint density at radius 2 is 1.77 bits per heavy atom. The maximum absolute atomic E-state index is 11.9. The van der Waals surface area contributed by atoms with E-state index in [0.29, 0.717) is 17.0 Å². The van der Waals surface area contributed by atoms with Gasteiger partial charge in [-0.1, -0.05) is 24.3 Å². The van der Waals surface area contributed by atoms with E-state index < -0.39 is 10.0 Å². The Morgan fingerprint density at radius 1 is 1.14 bits per heavy atom. The van der Waals surface area contributed by atoms with Crippen molar-refractivity contribution in [3.63, 3.8) is 0 Å². The van der Waals surface area contributed by atoms with Gasteiger partial charge in [0.05, 0.1) is 14.4 Å². The largest absolute Gasteiger partial charge is 0.347 e. The van der Waals surface area contributed by atoms with Gasteiger partial charge in [-0.3, -0.25) is 4.79 Å². The number of nitrogens with one attached hydrogen (secondary N) is 2. The molecule has 2 aromatic rings. The zero-order valence-corrected chi connectivity index (χ0v) is 15.0. The van der Waals surface area contributed by atoms with Crippen LogP contribution in [0.4, 0.5) is 0 Å². The quantitative estimate of drug-likeness (QED) is 0.778. The lowest BCUT2D eigenvalue weighted by atomic mass is 10.1. The summed E-state index contributed by atoms with van der Waals surface area (Å²) in [4.78, 5) is 12.6. The number of benzene rings is 1. The van der Waals surface area contributed by atoms with E-state index >= 15 is 0 Å². The molecule has 8 heteroatoms. The van der Waals surface area contributed by atoms with E-state index in [1.807, 2.05) is 18.2 Å². The molecule has 0 bridgehead atoms. The lowest BCUT2D eigenvalue weighted by Gasteiger charge is -2.06. The first-order chi connectivity index (χ1) is 10.4. The van der Waals surface area contributed by atoms with Gasteiger partial charge in [0.25, 0.3) is 5.91 Å². The maximum Gasteiger partial charge on any atom is 0.261 e. The molecule has 0 aliphatic heterocycles. The molecule has 1 heterocycles. The Balaban J connectivity index is 1.93. The SMILES string of the molecule is CNS(=O)(=O)Cc1ccc(CNC(=O)c2ccc(Br)s2)cc1. The minimum absolute atomic E-state index is 0.0562. The van der Waals surface area contributed by atoms with Crippen LogP contribution in [-0.4, -0.2) is 21.4 Å². The van der Waals surface area contributed by atoms with Gasteiger partial charge in [0.2, 0.25) is 10.0 Å². The van der Waals surface area contributed by atoms with Crippen LogP contribution >= 0.6 is 27.3 Å². The Morgan fingerprint density at radius 3 is 2.32 bits per heavy atom. The van der Waals surface area contributed by atoms with Gasteiger partial charge in [-0.25, -0.2) is 13.1 Å². The summed E-state index contributed by atoms with van der Waals surface area (Å²) < 4.78 is 26.1. The van der Waals surface area contributed by atoms with Crippen molar-refractivity contribution in [1.29, 1.82) is 0 Å². The number of sulfonamides is 1. The number of carbonyl (C=O) groups excluding carboxylic acids is 1. The molecule has 0 saturated carbocycles. The number of rotatable bonds is 6. The lowest BCUT2D eigenvalue weighted by Crippen LogP contribution is -2.22. The van der Waals surface area contributed by atoms with Crippen molar-refractivity contribution >= 4 is 43.2 Å². The molecular formula is C14H15BrN2O3S2. The second-order valence-corrected chi connectivity index (χ2v) is 8.96. The molecule has 0 saturated heterocycles. The van der Waals surface area contributed by atoms with Crippen LogP contribution in [0.15, 0.2) is 40.2 Å². The summed E-state index contributed by atoms with van der Waals surface area (Å²) in [5, 5.41) is 2.83. The molecule has 118 valence electrons. The first-order valence-corrected chi connectivity index (χ1v) is 9.68. The summed E-state index contributed by atoms with van der Waals surface area (Å²) >= 11 is 4.69. The summed E-state index contributed by atoms with van der Waals surface area (Å²) in [7, 11) is -1.88. The summed E-state index contributed by atoms with van der Waals surface area (Å²) in [5.74, 6) is -0.183. The molecule has 5 nitrogen and oxygen atoms in total. The zero-order valence-electron chi connectivity index (χ0n) is 11.8. The molecule has 0 atom stereocenters. The van der Waals surface area contributed by atoms with Crippen LogP contribution in [0.25, 0.3) is 0 Å². The number of amides is 1. The highest BCUT2D eigenvalue weighted by Crippen LogP contribution is 2.21. The van der Waals surface area contributed by atoms with Crippen LogP contribution in [0.5, 0.6) is 0 Å². The van der Waals surface area contributed by atoms with E-state index in [9.17, 15) is 13.2 Å². The van der Waals surface area contributed by atoms with Crippen molar-refractivity contribution in [2.24, 2.45) is 0 Å². The number of hydrogen-bond donors (Lipinski definition) is 2. The molecule has 2 N–H and O–H groups in total. The predicted molar refractivity (Wildman–Crippen MR) is 91.3 cm³/mol. The molecule has 0 fully saturated rings. The van der Waals surface area contributed by atoms with Crippen molar-refractivity contribution in [3.05, 3.63) is 56.2 Å². The van der Waals surface area contributed by atoms with Gasteiger partial charge in [-0.2, -0.15) is 0 Å². The van der Waals surface area contributed by atoms with E-state index in [2.05, 4.69) is 26.0 Å². The fraction of sp³-hybridized carbons (Fsp3) is 0.214. The second kappa shape index (κ2) is 7.36. The van der Waals surface area contributed by atoms with Gasteiger partial charge in [-0.05, 0) is 46.2 Å². The number of carbonyl (C=O) groups is 1. The monoisotopic (exact) mass is 402 g/mol. The average molecular weight is 403 g/mol. The van der Waals surface area contributed by atoms with Gasteiger partial charge in [0.15, 0.2) is 0 Å². The molecule has 0 unspecified atom stereocenters. The molecule has 22 heavy (non-hydrogen) atoms. The van der Waals surface area contributed by atoms with E-state index in [4.69, 9.17) is 0 Å². The van der Waals surface area contributed by atoms with Crippen molar-refractivity contribution in [2.75, 3.05) is 7.05 Å². The van der Waals surface area contributed by atoms with Crippen molar-refractivity contribution in [1.82, 2.24) is 10.0 Å². The van der Waals surface area contributed by atoms with Gasteiger partial charge in [-0.15, -0.1) is 11.3 Å². The third kappa shape index (κ3) is 4.91. The van der Waals surface area contributed by atoms with E-state index in [1.165, 1.54) is 18.4 Å². The van der Waals surface area contributed by atoms with Gasteiger partial charge in [0, 0.05) is 6.54 Å². The number of thiophene rings is 1. The molecular weight excluding hydrogens is 388 g/mol. The maximum atomic E-state index is 11.9. The van der Waals surface area contributed by atoms with Crippen LogP contribution < -0.4 is 10.0 Å². The Bertz CT molecular complexity index is 755. The topological polar surface area (TPSA) is 75.3 Å². The van der Waals surface area contributed by atoms with Gasteiger partial charge >= 0.3 is 0 Å². The molecule has 0 aliphatic carbocycles. The second-order valence-electron chi connectivity index (χ2n) is 4.57. The van der Waals surface area contributed by atoms with Gasteiger partial charge < -0.3 is 5.32 Å². The molecule has 0 radical (unpaired) electrons. The van der Waals surface area contributed by atoms with Crippen LogP contribution in [0.1, 0.15) is 20.8 Å². The zero-order chi connectivity index (χ0) is 16.2. The predicted octanol–water partition coefficient (Wildman–Crippen LogP) is 2.49. The normalized spacial score (nSPS) is 11.4. The van der Waals surface area contributed by atoms with Crippen molar-refractivity contribution in [2.45, 2.75) is 12.3 Å². The minimum atomic E-state index is -3.27. The summed E-state index contributed by atoms with van der Waals surface area (Å²) in [6.45, 7) is 0.396. The van der Waals surface area contributed by atoms with Crippen molar-refractivity contribution in [3.8, 4) is 0 Å². The van der Waals surface area contributed by atoms with E-state index in [-0.39, 0.29) is 11.7 Å². The number of hydrogen-bond acceptors (Lipinski definition) is 4. The standard InChI is InChI=1S/C14H15BrN2O3S2/c1-16-22(19,20)9-11-4-2-10(3-5-11)8-17-14(18)12-6-7-13(15)21-12/h2-7,16H,8-9H2,1H3,(H,17,18).